The van der Waals surface area contributed by atoms with Gasteiger partial charge in [-0.2, -0.15) is 4.31 Å². The second-order valence-corrected chi connectivity index (χ2v) is 7.99. The zero-order valence-electron chi connectivity index (χ0n) is 13.6. The van der Waals surface area contributed by atoms with Crippen LogP contribution in [0.15, 0.2) is 47.4 Å². The number of likely N-dealkylation sites (tertiary alicyclic amines) is 1. The lowest BCUT2D eigenvalue weighted by Crippen LogP contribution is -2.37. The van der Waals surface area contributed by atoms with Gasteiger partial charge in [0.15, 0.2) is 0 Å². The van der Waals surface area contributed by atoms with Crippen LogP contribution in [0.5, 0.6) is 0 Å². The molecule has 5 heteroatoms. The fourth-order valence-electron chi connectivity index (χ4n) is 3.18. The molecule has 0 bridgehead atoms. The molecule has 0 unspecified atom stereocenters. The number of rotatable bonds is 6. The van der Waals surface area contributed by atoms with Gasteiger partial charge >= 0.3 is 0 Å². The number of sulfonamides is 1. The Morgan fingerprint density at radius 3 is 2.43 bits per heavy atom. The van der Waals surface area contributed by atoms with Crippen molar-refractivity contribution < 1.29 is 8.42 Å². The molecule has 1 aliphatic rings. The molecule has 0 aromatic heterocycles. The lowest BCUT2D eigenvalue weighted by Gasteiger charge is -2.23. The third-order valence-electron chi connectivity index (χ3n) is 4.58. The predicted molar refractivity (Wildman–Crippen MR) is 94.1 cm³/mol. The highest BCUT2D eigenvalue weighted by atomic mass is 32.2. The fraction of sp³-hybridized carbons (Fsp3) is 0.444. The molecule has 0 N–H and O–H groups in total. The zero-order chi connectivity index (χ0) is 16.3. The highest BCUT2D eigenvalue weighted by molar-refractivity contribution is 7.89. The lowest BCUT2D eigenvalue weighted by molar-refractivity contribution is 0.299. The first kappa shape index (κ1) is 16.4. The minimum Gasteiger partial charge on any atom is -0.302 e. The van der Waals surface area contributed by atoms with Gasteiger partial charge in [-0.25, -0.2) is 8.42 Å². The molecule has 0 radical (unpaired) electrons. The highest BCUT2D eigenvalue weighted by Gasteiger charge is 2.24. The summed E-state index contributed by atoms with van der Waals surface area (Å²) in [5.41, 5.74) is 0. The molecule has 1 heterocycles. The Labute approximate surface area is 138 Å². The highest BCUT2D eigenvalue weighted by Crippen LogP contribution is 2.22. The first-order chi connectivity index (χ1) is 11.1. The van der Waals surface area contributed by atoms with Crippen molar-refractivity contribution >= 4 is 20.8 Å². The summed E-state index contributed by atoms with van der Waals surface area (Å²) in [6.07, 6.45) is 2.45. The van der Waals surface area contributed by atoms with Crippen molar-refractivity contribution in [1.82, 2.24) is 9.21 Å². The minimum atomic E-state index is -3.43. The average molecular weight is 332 g/mol. The summed E-state index contributed by atoms with van der Waals surface area (Å²) in [7, 11) is -3.43. The molecule has 2 aromatic rings. The zero-order valence-corrected chi connectivity index (χ0v) is 14.4. The summed E-state index contributed by atoms with van der Waals surface area (Å²) in [4.78, 5) is 2.73. The Morgan fingerprint density at radius 1 is 1.04 bits per heavy atom. The van der Waals surface area contributed by atoms with Crippen LogP contribution in [-0.2, 0) is 10.0 Å². The van der Waals surface area contributed by atoms with Crippen LogP contribution in [-0.4, -0.2) is 50.3 Å². The molecule has 0 spiro atoms. The van der Waals surface area contributed by atoms with E-state index in [2.05, 4.69) is 4.90 Å². The molecule has 124 valence electrons. The Kier molecular flexibility index (Phi) is 4.99. The van der Waals surface area contributed by atoms with Crippen molar-refractivity contribution in [3.05, 3.63) is 42.5 Å². The van der Waals surface area contributed by atoms with Crippen LogP contribution in [0.25, 0.3) is 10.8 Å². The Balaban J connectivity index is 1.81. The van der Waals surface area contributed by atoms with Gasteiger partial charge in [-0.15, -0.1) is 0 Å². The molecule has 4 nitrogen and oxygen atoms in total. The van der Waals surface area contributed by atoms with E-state index in [-0.39, 0.29) is 0 Å². The van der Waals surface area contributed by atoms with Crippen LogP contribution in [0.3, 0.4) is 0 Å². The second-order valence-electron chi connectivity index (χ2n) is 6.05. The molecule has 0 atom stereocenters. The van der Waals surface area contributed by atoms with Gasteiger partial charge in [0.25, 0.3) is 0 Å². The van der Waals surface area contributed by atoms with E-state index in [9.17, 15) is 8.42 Å². The summed E-state index contributed by atoms with van der Waals surface area (Å²) >= 11 is 0. The number of hydrogen-bond acceptors (Lipinski definition) is 3. The maximum Gasteiger partial charge on any atom is 0.243 e. The third kappa shape index (κ3) is 3.57. The number of hydrogen-bond donors (Lipinski definition) is 0. The van der Waals surface area contributed by atoms with Crippen molar-refractivity contribution in [3.8, 4) is 0 Å². The quantitative estimate of drug-likeness (QED) is 0.816. The topological polar surface area (TPSA) is 40.6 Å². The van der Waals surface area contributed by atoms with E-state index in [0.717, 1.165) is 30.4 Å². The van der Waals surface area contributed by atoms with Crippen LogP contribution in [0.1, 0.15) is 19.8 Å². The van der Waals surface area contributed by atoms with E-state index in [1.165, 1.54) is 12.8 Å². The molecule has 1 saturated heterocycles. The largest absolute Gasteiger partial charge is 0.302 e. The van der Waals surface area contributed by atoms with Gasteiger partial charge in [-0.3, -0.25) is 0 Å². The van der Waals surface area contributed by atoms with E-state index in [1.54, 1.807) is 16.4 Å². The number of fused-ring (bicyclic) bond motifs is 1. The van der Waals surface area contributed by atoms with Gasteiger partial charge < -0.3 is 4.90 Å². The lowest BCUT2D eigenvalue weighted by atomic mass is 10.1. The van der Waals surface area contributed by atoms with E-state index < -0.39 is 10.0 Å². The van der Waals surface area contributed by atoms with Gasteiger partial charge in [-0.1, -0.05) is 37.3 Å². The summed E-state index contributed by atoms with van der Waals surface area (Å²) in [5.74, 6) is 0. The molecule has 0 saturated carbocycles. The van der Waals surface area contributed by atoms with Crippen LogP contribution in [0, 0.1) is 0 Å². The number of nitrogens with zero attached hydrogens (tertiary/aromatic N) is 2. The normalized spacial score (nSPS) is 16.4. The third-order valence-corrected chi connectivity index (χ3v) is 6.55. The van der Waals surface area contributed by atoms with Crippen molar-refractivity contribution in [2.45, 2.75) is 24.7 Å². The Morgan fingerprint density at radius 2 is 1.74 bits per heavy atom. The molecule has 1 aliphatic heterocycles. The van der Waals surface area contributed by atoms with Crippen LogP contribution >= 0.6 is 0 Å². The fourth-order valence-corrected chi connectivity index (χ4v) is 4.66. The molecular formula is C18H24N2O2S. The standard InChI is InChI=1S/C18H24N2O2S/c1-2-20(14-13-19-11-5-6-12-19)23(21,22)18-10-9-16-7-3-4-8-17(16)15-18/h3-4,7-10,15H,2,5-6,11-14H2,1H3. The van der Waals surface area contributed by atoms with Crippen LogP contribution in [0.2, 0.25) is 0 Å². The SMILES string of the molecule is CCN(CCN1CCCC1)S(=O)(=O)c1ccc2ccccc2c1. The molecule has 1 fully saturated rings. The van der Waals surface area contributed by atoms with Gasteiger partial charge in [0.05, 0.1) is 4.90 Å². The van der Waals surface area contributed by atoms with Gasteiger partial charge in [0.2, 0.25) is 10.0 Å². The van der Waals surface area contributed by atoms with E-state index in [4.69, 9.17) is 0 Å². The average Bonchev–Trinajstić information content (AvgIpc) is 3.08. The van der Waals surface area contributed by atoms with Crippen LogP contribution in [0.4, 0.5) is 0 Å². The summed E-state index contributed by atoms with van der Waals surface area (Å²) < 4.78 is 27.4. The number of likely N-dealkylation sites (N-methyl/N-ethyl adjacent to an activating group) is 1. The molecular weight excluding hydrogens is 308 g/mol. The van der Waals surface area contributed by atoms with Crippen molar-refractivity contribution in [3.63, 3.8) is 0 Å². The van der Waals surface area contributed by atoms with Gasteiger partial charge in [-0.05, 0) is 48.8 Å². The van der Waals surface area contributed by atoms with E-state index >= 15 is 0 Å². The molecule has 2 aromatic carbocycles. The molecule has 0 amide bonds. The molecule has 0 aliphatic carbocycles. The predicted octanol–water partition coefficient (Wildman–Crippen LogP) is 2.95. The number of benzene rings is 2. The summed E-state index contributed by atoms with van der Waals surface area (Å²) in [6, 6.07) is 13.2. The summed E-state index contributed by atoms with van der Waals surface area (Å²) in [5, 5.41) is 2.02. The monoisotopic (exact) mass is 332 g/mol. The van der Waals surface area contributed by atoms with Gasteiger partial charge in [0, 0.05) is 19.6 Å². The van der Waals surface area contributed by atoms with Crippen molar-refractivity contribution in [1.29, 1.82) is 0 Å². The maximum absolute atomic E-state index is 12.9. The minimum absolute atomic E-state index is 0.388. The van der Waals surface area contributed by atoms with E-state index in [1.807, 2.05) is 37.3 Å². The smallest absolute Gasteiger partial charge is 0.243 e. The molecule has 3 rings (SSSR count). The van der Waals surface area contributed by atoms with Crippen molar-refractivity contribution in [2.24, 2.45) is 0 Å². The first-order valence-corrected chi connectivity index (χ1v) is 9.76. The second kappa shape index (κ2) is 6.99. The van der Waals surface area contributed by atoms with Crippen LogP contribution < -0.4 is 0 Å². The maximum atomic E-state index is 12.9. The van der Waals surface area contributed by atoms with Crippen molar-refractivity contribution in [2.75, 3.05) is 32.7 Å². The van der Waals surface area contributed by atoms with Gasteiger partial charge in [0.1, 0.15) is 0 Å². The van der Waals surface area contributed by atoms with E-state index in [0.29, 0.717) is 18.0 Å². The first-order valence-electron chi connectivity index (χ1n) is 8.32. The Bertz CT molecular complexity index is 767. The Hall–Kier alpha value is -1.43. The summed E-state index contributed by atoms with van der Waals surface area (Å²) in [6.45, 7) is 5.97. The molecule has 23 heavy (non-hydrogen) atoms.